The molecule has 1 saturated heterocycles. The summed E-state index contributed by atoms with van der Waals surface area (Å²) in [5.74, 6) is -3.50. The lowest BCUT2D eigenvalue weighted by Gasteiger charge is -2.39. The number of carbonyl (C=O) groups is 1. The summed E-state index contributed by atoms with van der Waals surface area (Å²) in [5.41, 5.74) is -2.38. The van der Waals surface area contributed by atoms with Crippen molar-refractivity contribution in [2.24, 2.45) is 0 Å². The highest BCUT2D eigenvalue weighted by Crippen LogP contribution is 2.35. The highest BCUT2D eigenvalue weighted by molar-refractivity contribution is 5.94. The Labute approximate surface area is 180 Å². The van der Waals surface area contributed by atoms with E-state index in [1.54, 1.807) is 0 Å². The Bertz CT molecular complexity index is 1140. The summed E-state index contributed by atoms with van der Waals surface area (Å²) in [6.45, 7) is 1.36. The molecule has 0 spiro atoms. The average Bonchev–Trinajstić information content (AvgIpc) is 3.37. The number of urea groups is 1. The molecule has 0 bridgehead atoms. The van der Waals surface area contributed by atoms with Gasteiger partial charge in [-0.25, -0.2) is 32.0 Å². The van der Waals surface area contributed by atoms with E-state index >= 15 is 0 Å². The fourth-order valence-electron chi connectivity index (χ4n) is 3.94. The number of benzene rings is 2. The lowest BCUT2D eigenvalue weighted by molar-refractivity contribution is -0.0475. The molecule has 32 heavy (non-hydrogen) atoms. The molecular formula is C21H19F4N5O2. The van der Waals surface area contributed by atoms with Crippen molar-refractivity contribution in [1.82, 2.24) is 19.7 Å². The molecule has 2 heterocycles. The lowest BCUT2D eigenvalue weighted by Crippen LogP contribution is -2.53. The Morgan fingerprint density at radius 1 is 1.06 bits per heavy atom. The quantitative estimate of drug-likeness (QED) is 0.587. The largest absolute Gasteiger partial charge is 0.381 e. The van der Waals surface area contributed by atoms with Crippen molar-refractivity contribution in [1.29, 1.82) is 0 Å². The van der Waals surface area contributed by atoms with Gasteiger partial charge in [-0.15, -0.1) is 0 Å². The number of hydrogen-bond donors (Lipinski definition) is 1. The van der Waals surface area contributed by atoms with Crippen LogP contribution in [0.4, 0.5) is 28.0 Å². The molecule has 0 unspecified atom stereocenters. The van der Waals surface area contributed by atoms with E-state index in [1.807, 2.05) is 0 Å². The normalized spacial score (nSPS) is 17.0. The molecule has 0 aliphatic carbocycles. The van der Waals surface area contributed by atoms with Crippen LogP contribution in [0.5, 0.6) is 0 Å². The van der Waals surface area contributed by atoms with Crippen LogP contribution in [-0.2, 0) is 12.1 Å². The third-order valence-electron chi connectivity index (χ3n) is 5.67. The molecule has 1 fully saturated rings. The van der Waals surface area contributed by atoms with Crippen LogP contribution < -0.4 is 4.90 Å². The molecule has 4 rings (SSSR count). The Hall–Kier alpha value is -3.47. The van der Waals surface area contributed by atoms with Crippen molar-refractivity contribution >= 4 is 11.7 Å². The van der Waals surface area contributed by atoms with Crippen LogP contribution in [0.3, 0.4) is 0 Å². The molecule has 11 heteroatoms. The van der Waals surface area contributed by atoms with Crippen LogP contribution in [0.2, 0.25) is 0 Å². The maximum absolute atomic E-state index is 14.7. The predicted octanol–water partition coefficient (Wildman–Crippen LogP) is 3.05. The van der Waals surface area contributed by atoms with Crippen LogP contribution in [0.15, 0.2) is 49.1 Å². The van der Waals surface area contributed by atoms with Crippen LogP contribution in [0.25, 0.3) is 0 Å². The summed E-state index contributed by atoms with van der Waals surface area (Å²) in [4.78, 5) is 19.3. The minimum atomic E-state index is -2.03. The van der Waals surface area contributed by atoms with E-state index in [0.717, 1.165) is 29.2 Å². The summed E-state index contributed by atoms with van der Waals surface area (Å²) in [6.07, 6.45) is 2.54. The van der Waals surface area contributed by atoms with Gasteiger partial charge in [0.1, 0.15) is 41.5 Å². The molecule has 2 amide bonds. The standard InChI is InChI=1S/C21H19F4N5O2/c1-13(29-6-7-30(20(29)31)19-5-3-15(23)9-18(19)25)21(32,10-28-12-26-11-27-28)16-4-2-14(22)8-17(16)24/h2-5,8-9,11-13,32H,6-7,10H2,1H3/t13-,21-/m1/s1. The number of amides is 2. The van der Waals surface area contributed by atoms with Crippen LogP contribution in [0, 0.1) is 23.3 Å². The second kappa shape index (κ2) is 8.23. The van der Waals surface area contributed by atoms with Gasteiger partial charge in [0, 0.05) is 30.8 Å². The Morgan fingerprint density at radius 3 is 2.38 bits per heavy atom. The number of carbonyl (C=O) groups excluding carboxylic acids is 1. The molecule has 0 saturated carbocycles. The van der Waals surface area contributed by atoms with E-state index in [4.69, 9.17) is 0 Å². The second-order valence-corrected chi connectivity index (χ2v) is 7.54. The van der Waals surface area contributed by atoms with Crippen molar-refractivity contribution in [3.63, 3.8) is 0 Å². The van der Waals surface area contributed by atoms with Crippen LogP contribution >= 0.6 is 0 Å². The second-order valence-electron chi connectivity index (χ2n) is 7.54. The average molecular weight is 449 g/mol. The molecule has 3 aromatic rings. The zero-order valence-electron chi connectivity index (χ0n) is 16.9. The van der Waals surface area contributed by atoms with Gasteiger partial charge in [-0.1, -0.05) is 6.07 Å². The van der Waals surface area contributed by atoms with E-state index in [2.05, 4.69) is 10.1 Å². The summed E-state index contributed by atoms with van der Waals surface area (Å²) in [6, 6.07) is 3.92. The number of rotatable bonds is 6. The molecule has 1 aromatic heterocycles. The lowest BCUT2D eigenvalue weighted by atomic mass is 9.85. The maximum Gasteiger partial charge on any atom is 0.325 e. The van der Waals surface area contributed by atoms with Crippen molar-refractivity contribution in [2.75, 3.05) is 18.0 Å². The highest BCUT2D eigenvalue weighted by Gasteiger charge is 2.46. The summed E-state index contributed by atoms with van der Waals surface area (Å²) < 4.78 is 57.0. The van der Waals surface area contributed by atoms with Gasteiger partial charge in [-0.3, -0.25) is 4.90 Å². The molecule has 1 aliphatic rings. The SMILES string of the molecule is C[C@@H](N1CCN(c2ccc(F)cc2F)C1=O)[C@](O)(Cn1cncn1)c1ccc(F)cc1F. The molecule has 168 valence electrons. The first-order chi connectivity index (χ1) is 15.2. The van der Waals surface area contributed by atoms with E-state index in [9.17, 15) is 27.5 Å². The van der Waals surface area contributed by atoms with Gasteiger partial charge in [0.25, 0.3) is 0 Å². The summed E-state index contributed by atoms with van der Waals surface area (Å²) in [5, 5.41) is 15.6. The molecule has 2 atom stereocenters. The maximum atomic E-state index is 14.7. The number of anilines is 1. The fourth-order valence-corrected chi connectivity index (χ4v) is 3.94. The van der Waals surface area contributed by atoms with Gasteiger partial charge in [-0.05, 0) is 25.1 Å². The van der Waals surface area contributed by atoms with Gasteiger partial charge >= 0.3 is 6.03 Å². The van der Waals surface area contributed by atoms with Crippen molar-refractivity contribution in [2.45, 2.75) is 25.1 Å². The Balaban J connectivity index is 1.69. The Morgan fingerprint density at radius 2 is 1.75 bits per heavy atom. The van der Waals surface area contributed by atoms with Crippen LogP contribution in [-0.4, -0.2) is 49.9 Å². The first-order valence-electron chi connectivity index (χ1n) is 9.74. The van der Waals surface area contributed by atoms with Crippen molar-refractivity contribution < 1.29 is 27.5 Å². The zero-order chi connectivity index (χ0) is 23.0. The van der Waals surface area contributed by atoms with Crippen molar-refractivity contribution in [3.05, 3.63) is 77.9 Å². The predicted molar refractivity (Wildman–Crippen MR) is 106 cm³/mol. The van der Waals surface area contributed by atoms with Gasteiger partial charge in [0.05, 0.1) is 18.3 Å². The van der Waals surface area contributed by atoms with Gasteiger partial charge < -0.3 is 10.0 Å². The molecule has 2 aromatic carbocycles. The van der Waals surface area contributed by atoms with Gasteiger partial charge in [-0.2, -0.15) is 5.10 Å². The first kappa shape index (κ1) is 21.8. The van der Waals surface area contributed by atoms with Gasteiger partial charge in [0.2, 0.25) is 0 Å². The van der Waals surface area contributed by atoms with E-state index in [-0.39, 0.29) is 30.9 Å². The zero-order valence-corrected chi connectivity index (χ0v) is 16.9. The highest BCUT2D eigenvalue weighted by atomic mass is 19.1. The first-order valence-corrected chi connectivity index (χ1v) is 9.74. The molecular weight excluding hydrogens is 430 g/mol. The fraction of sp³-hybridized carbons (Fsp3) is 0.286. The topological polar surface area (TPSA) is 74.5 Å². The number of nitrogens with zero attached hydrogens (tertiary/aromatic N) is 5. The summed E-state index contributed by atoms with van der Waals surface area (Å²) in [7, 11) is 0. The van der Waals surface area contributed by atoms with E-state index in [1.165, 1.54) is 29.2 Å². The Kier molecular flexibility index (Phi) is 5.59. The number of aliphatic hydroxyl groups is 1. The monoisotopic (exact) mass is 449 g/mol. The van der Waals surface area contributed by atoms with Gasteiger partial charge in [0.15, 0.2) is 0 Å². The van der Waals surface area contributed by atoms with E-state index < -0.39 is 40.9 Å². The number of aromatic nitrogens is 3. The van der Waals surface area contributed by atoms with Crippen LogP contribution in [0.1, 0.15) is 12.5 Å². The third kappa shape index (κ3) is 3.79. The number of hydrogen-bond acceptors (Lipinski definition) is 4. The smallest absolute Gasteiger partial charge is 0.325 e. The minimum Gasteiger partial charge on any atom is -0.381 e. The molecule has 1 aliphatic heterocycles. The molecule has 0 radical (unpaired) electrons. The molecule has 1 N–H and O–H groups in total. The summed E-state index contributed by atoms with van der Waals surface area (Å²) >= 11 is 0. The van der Waals surface area contributed by atoms with Crippen molar-refractivity contribution in [3.8, 4) is 0 Å². The third-order valence-corrected chi connectivity index (χ3v) is 5.67. The van der Waals surface area contributed by atoms with E-state index in [0.29, 0.717) is 12.1 Å². The molecule has 7 nitrogen and oxygen atoms in total. The number of halogens is 4. The minimum absolute atomic E-state index is 0.0665.